The van der Waals surface area contributed by atoms with Gasteiger partial charge in [-0.25, -0.2) is 0 Å². The molecule has 0 bridgehead atoms. The summed E-state index contributed by atoms with van der Waals surface area (Å²) in [5, 5.41) is 0. The molecule has 150 valence electrons. The first kappa shape index (κ1) is 20.8. The molecule has 0 atom stereocenters. The van der Waals surface area contributed by atoms with E-state index in [0.29, 0.717) is 22.2 Å². The molecule has 28 heavy (non-hydrogen) atoms. The topological polar surface area (TPSA) is 87.0 Å². The Kier molecular flexibility index (Phi) is 6.43. The van der Waals surface area contributed by atoms with Gasteiger partial charge < -0.3 is 14.0 Å². The fourth-order valence-corrected chi connectivity index (χ4v) is 6.17. The Bertz CT molecular complexity index is 1180. The van der Waals surface area contributed by atoms with Crippen LogP contribution in [0.3, 0.4) is 0 Å². The van der Waals surface area contributed by atoms with Crippen LogP contribution in [0, 0.1) is 0 Å². The third-order valence-electron chi connectivity index (χ3n) is 3.56. The standard InChI is InChI=1S/C17H17ClN2O5S3/c1-3-24-11-5-6-12-13(9-11)26-17(20(12)10-15(21)25-4-2)19-28(22,23)16-8-7-14(18)27-16/h5-9H,3-4,10H2,1-2H3. The highest BCUT2D eigenvalue weighted by Gasteiger charge is 2.18. The van der Waals surface area contributed by atoms with Crippen molar-refractivity contribution in [1.29, 1.82) is 0 Å². The van der Waals surface area contributed by atoms with E-state index in [9.17, 15) is 13.2 Å². The highest BCUT2D eigenvalue weighted by atomic mass is 35.5. The lowest BCUT2D eigenvalue weighted by molar-refractivity contribution is -0.143. The van der Waals surface area contributed by atoms with Gasteiger partial charge in [0.25, 0.3) is 10.0 Å². The summed E-state index contributed by atoms with van der Waals surface area (Å²) < 4.78 is 42.5. The molecule has 0 aliphatic heterocycles. The third-order valence-corrected chi connectivity index (χ3v) is 7.68. The lowest BCUT2D eigenvalue weighted by Crippen LogP contribution is -2.23. The minimum Gasteiger partial charge on any atom is -0.494 e. The van der Waals surface area contributed by atoms with Crippen LogP contribution in [0.1, 0.15) is 13.8 Å². The minimum absolute atomic E-state index is 0.0349. The number of rotatable bonds is 7. The van der Waals surface area contributed by atoms with E-state index in [2.05, 4.69) is 4.40 Å². The van der Waals surface area contributed by atoms with Crippen LogP contribution in [0.15, 0.2) is 38.9 Å². The molecule has 0 aliphatic rings. The lowest BCUT2D eigenvalue weighted by atomic mass is 10.3. The number of hydrogen-bond donors (Lipinski definition) is 0. The number of thiazole rings is 1. The van der Waals surface area contributed by atoms with E-state index in [1.54, 1.807) is 25.1 Å². The molecule has 0 N–H and O–H groups in total. The summed E-state index contributed by atoms with van der Waals surface area (Å²) in [4.78, 5) is 12.2. The molecule has 7 nitrogen and oxygen atoms in total. The van der Waals surface area contributed by atoms with Gasteiger partial charge in [0.05, 0.1) is 27.8 Å². The molecule has 3 aromatic rings. The molecule has 1 aromatic carbocycles. The summed E-state index contributed by atoms with van der Waals surface area (Å²) in [6.07, 6.45) is 0. The van der Waals surface area contributed by atoms with E-state index in [-0.39, 0.29) is 22.2 Å². The smallest absolute Gasteiger partial charge is 0.326 e. The van der Waals surface area contributed by atoms with Crippen molar-refractivity contribution in [2.24, 2.45) is 4.40 Å². The SMILES string of the molecule is CCOC(=O)Cn1c(=NS(=O)(=O)c2ccc(Cl)s2)sc2cc(OCC)ccc21. The van der Waals surface area contributed by atoms with E-state index >= 15 is 0 Å². The summed E-state index contributed by atoms with van der Waals surface area (Å²) in [6, 6.07) is 8.22. The molecule has 0 aliphatic carbocycles. The molecule has 2 heterocycles. The van der Waals surface area contributed by atoms with E-state index in [4.69, 9.17) is 21.1 Å². The monoisotopic (exact) mass is 460 g/mol. The quantitative estimate of drug-likeness (QED) is 0.502. The van der Waals surface area contributed by atoms with E-state index in [1.807, 2.05) is 6.92 Å². The maximum absolute atomic E-state index is 12.7. The summed E-state index contributed by atoms with van der Waals surface area (Å²) in [6.45, 7) is 4.16. The number of nitrogens with zero attached hydrogens (tertiary/aromatic N) is 2. The molecule has 0 amide bonds. The van der Waals surface area contributed by atoms with Crippen molar-refractivity contribution >= 4 is 60.5 Å². The predicted octanol–water partition coefficient (Wildman–Crippen LogP) is 3.67. The Labute approximate surface area is 174 Å². The fourth-order valence-electron chi connectivity index (χ4n) is 2.45. The molecule has 0 saturated heterocycles. The van der Waals surface area contributed by atoms with Crippen molar-refractivity contribution in [2.45, 2.75) is 24.6 Å². The van der Waals surface area contributed by atoms with Crippen molar-refractivity contribution < 1.29 is 22.7 Å². The van der Waals surface area contributed by atoms with Gasteiger partial charge in [0, 0.05) is 0 Å². The molecule has 0 saturated carbocycles. The highest BCUT2D eigenvalue weighted by molar-refractivity contribution is 7.92. The van der Waals surface area contributed by atoms with Crippen LogP contribution in [-0.4, -0.2) is 32.2 Å². The average molecular weight is 461 g/mol. The van der Waals surface area contributed by atoms with Gasteiger partial charge in [-0.15, -0.1) is 15.7 Å². The van der Waals surface area contributed by atoms with Crippen molar-refractivity contribution in [2.75, 3.05) is 13.2 Å². The lowest BCUT2D eigenvalue weighted by Gasteiger charge is -2.06. The summed E-state index contributed by atoms with van der Waals surface area (Å²) >= 11 is 7.93. The Morgan fingerprint density at radius 2 is 1.96 bits per heavy atom. The maximum atomic E-state index is 12.7. The molecule has 0 spiro atoms. The number of hydrogen-bond acceptors (Lipinski definition) is 7. The second-order valence-corrected chi connectivity index (χ2v) is 10.0. The van der Waals surface area contributed by atoms with Crippen LogP contribution in [-0.2, 0) is 26.1 Å². The van der Waals surface area contributed by atoms with E-state index in [0.717, 1.165) is 27.4 Å². The van der Waals surface area contributed by atoms with E-state index < -0.39 is 16.0 Å². The summed E-state index contributed by atoms with van der Waals surface area (Å²) in [5.41, 5.74) is 0.666. The van der Waals surface area contributed by atoms with Crippen molar-refractivity contribution in [3.05, 3.63) is 39.5 Å². The molecule has 11 heteroatoms. The number of carbonyl (C=O) groups is 1. The Hall–Kier alpha value is -1.88. The second-order valence-electron chi connectivity index (χ2n) is 5.46. The number of benzene rings is 1. The van der Waals surface area contributed by atoms with Crippen LogP contribution in [0.2, 0.25) is 4.34 Å². The van der Waals surface area contributed by atoms with Gasteiger partial charge in [0.2, 0.25) is 4.80 Å². The minimum atomic E-state index is -3.97. The molecule has 2 aromatic heterocycles. The van der Waals surface area contributed by atoms with Gasteiger partial charge in [0.15, 0.2) is 0 Å². The Morgan fingerprint density at radius 3 is 2.61 bits per heavy atom. The van der Waals surface area contributed by atoms with Gasteiger partial charge in [-0.3, -0.25) is 4.79 Å². The molecule has 3 rings (SSSR count). The van der Waals surface area contributed by atoms with Crippen LogP contribution in [0.5, 0.6) is 5.75 Å². The number of aromatic nitrogens is 1. The average Bonchev–Trinajstić information content (AvgIpc) is 3.20. The normalized spacial score (nSPS) is 12.5. The number of carbonyl (C=O) groups excluding carboxylic acids is 1. The van der Waals surface area contributed by atoms with Gasteiger partial charge in [-0.05, 0) is 44.2 Å². The van der Waals surface area contributed by atoms with Gasteiger partial charge >= 0.3 is 5.97 Å². The molecular formula is C17H17ClN2O5S3. The Morgan fingerprint density at radius 1 is 1.18 bits per heavy atom. The summed E-state index contributed by atoms with van der Waals surface area (Å²) in [7, 11) is -3.97. The molecular weight excluding hydrogens is 444 g/mol. The first-order valence-corrected chi connectivity index (χ1v) is 11.8. The number of sulfonamides is 1. The van der Waals surface area contributed by atoms with Crippen molar-refractivity contribution in [1.82, 2.24) is 4.57 Å². The molecule has 0 unspecified atom stereocenters. The maximum Gasteiger partial charge on any atom is 0.326 e. The fraction of sp³-hybridized carbons (Fsp3) is 0.294. The number of ether oxygens (including phenoxy) is 2. The molecule has 0 fully saturated rings. The van der Waals surface area contributed by atoms with Gasteiger partial charge in [0.1, 0.15) is 16.5 Å². The third kappa shape index (κ3) is 4.57. The second kappa shape index (κ2) is 8.64. The largest absolute Gasteiger partial charge is 0.494 e. The van der Waals surface area contributed by atoms with Crippen LogP contribution >= 0.6 is 34.3 Å². The van der Waals surface area contributed by atoms with Crippen LogP contribution in [0.25, 0.3) is 10.2 Å². The van der Waals surface area contributed by atoms with Crippen LogP contribution in [0.4, 0.5) is 0 Å². The number of halogens is 1. The highest BCUT2D eigenvalue weighted by Crippen LogP contribution is 2.28. The van der Waals surface area contributed by atoms with Crippen LogP contribution < -0.4 is 9.54 Å². The van der Waals surface area contributed by atoms with Crippen molar-refractivity contribution in [3.8, 4) is 5.75 Å². The number of thiophene rings is 1. The predicted molar refractivity (Wildman–Crippen MR) is 110 cm³/mol. The number of esters is 1. The van der Waals surface area contributed by atoms with Crippen molar-refractivity contribution in [3.63, 3.8) is 0 Å². The zero-order valence-corrected chi connectivity index (χ0v) is 18.3. The first-order valence-electron chi connectivity index (χ1n) is 8.32. The number of fused-ring (bicyclic) bond motifs is 1. The zero-order chi connectivity index (χ0) is 20.3. The van der Waals surface area contributed by atoms with Gasteiger partial charge in [-0.2, -0.15) is 8.42 Å². The van der Waals surface area contributed by atoms with E-state index in [1.165, 1.54) is 16.7 Å². The first-order chi connectivity index (χ1) is 13.3. The summed E-state index contributed by atoms with van der Waals surface area (Å²) in [5.74, 6) is 0.174. The zero-order valence-electron chi connectivity index (χ0n) is 15.0. The Balaban J connectivity index is 2.17. The molecule has 0 radical (unpaired) electrons. The van der Waals surface area contributed by atoms with Gasteiger partial charge in [-0.1, -0.05) is 22.9 Å².